The molecule has 2 atom stereocenters. The van der Waals surface area contributed by atoms with Gasteiger partial charge in [-0.05, 0) is 49.1 Å². The predicted molar refractivity (Wildman–Crippen MR) is 93.8 cm³/mol. The zero-order valence-electron chi connectivity index (χ0n) is 14.2. The maximum atomic E-state index is 12.7. The lowest BCUT2D eigenvalue weighted by Gasteiger charge is -2.17. The second kappa shape index (κ2) is 6.52. The lowest BCUT2D eigenvalue weighted by Crippen LogP contribution is -2.18. The number of benzene rings is 1. The van der Waals surface area contributed by atoms with Crippen molar-refractivity contribution in [3.05, 3.63) is 46.2 Å². The van der Waals surface area contributed by atoms with Gasteiger partial charge in [0, 0.05) is 18.5 Å². The fourth-order valence-corrected chi connectivity index (χ4v) is 3.87. The van der Waals surface area contributed by atoms with E-state index in [-0.39, 0.29) is 17.5 Å². The number of hydrogen-bond donors (Lipinski definition) is 0. The molecule has 1 fully saturated rings. The van der Waals surface area contributed by atoms with Gasteiger partial charge in [-0.15, -0.1) is 0 Å². The van der Waals surface area contributed by atoms with Gasteiger partial charge < -0.3 is 0 Å². The molecule has 0 aliphatic heterocycles. The number of carbonyl (C=O) groups excluding carboxylic acids is 2. The third kappa shape index (κ3) is 2.91. The molecule has 126 valence electrons. The highest BCUT2D eigenvalue weighted by atomic mass is 35.5. The molecule has 0 amide bonds. The van der Waals surface area contributed by atoms with Gasteiger partial charge in [0.1, 0.15) is 11.7 Å². The number of rotatable bonds is 4. The van der Waals surface area contributed by atoms with E-state index in [1.165, 1.54) is 0 Å². The largest absolute Gasteiger partial charge is 0.298 e. The molecule has 1 aliphatic carbocycles. The van der Waals surface area contributed by atoms with Crippen molar-refractivity contribution in [2.75, 3.05) is 0 Å². The molecule has 2 unspecified atom stereocenters. The number of ketones is 2. The first-order chi connectivity index (χ1) is 11.4. The van der Waals surface area contributed by atoms with E-state index >= 15 is 0 Å². The summed E-state index contributed by atoms with van der Waals surface area (Å²) in [5.74, 6) is -0.574. The second-order valence-corrected chi connectivity index (χ2v) is 7.02. The first-order valence-electron chi connectivity index (χ1n) is 8.30. The molecule has 1 heterocycles. The summed E-state index contributed by atoms with van der Waals surface area (Å²) in [5.41, 5.74) is 3.63. The SMILES string of the molecule is CCCC1CC(=O)C(c2c(C)cc(-n3cc(Cl)cn3)cc2C)C1=O. The van der Waals surface area contributed by atoms with E-state index in [0.29, 0.717) is 11.4 Å². The summed E-state index contributed by atoms with van der Waals surface area (Å²) in [7, 11) is 0. The summed E-state index contributed by atoms with van der Waals surface area (Å²) in [6.07, 6.45) is 5.42. The molecule has 0 radical (unpaired) electrons. The molecule has 0 bridgehead atoms. The number of aromatic nitrogens is 2. The average Bonchev–Trinajstić information content (AvgIpc) is 3.06. The van der Waals surface area contributed by atoms with E-state index in [9.17, 15) is 9.59 Å². The normalized spacial score (nSPS) is 20.8. The molecule has 0 spiro atoms. The van der Waals surface area contributed by atoms with E-state index in [2.05, 4.69) is 5.10 Å². The van der Waals surface area contributed by atoms with E-state index in [1.54, 1.807) is 17.1 Å². The van der Waals surface area contributed by atoms with Gasteiger partial charge in [-0.1, -0.05) is 24.9 Å². The van der Waals surface area contributed by atoms with Crippen LogP contribution < -0.4 is 0 Å². The van der Waals surface area contributed by atoms with Crippen LogP contribution in [-0.4, -0.2) is 21.3 Å². The average molecular weight is 345 g/mol. The Kier molecular flexibility index (Phi) is 4.59. The highest BCUT2D eigenvalue weighted by Crippen LogP contribution is 2.38. The van der Waals surface area contributed by atoms with Gasteiger partial charge >= 0.3 is 0 Å². The van der Waals surface area contributed by atoms with Crippen molar-refractivity contribution in [2.45, 2.75) is 46.0 Å². The number of hydrogen-bond acceptors (Lipinski definition) is 3. The van der Waals surface area contributed by atoms with Crippen LogP contribution in [0.25, 0.3) is 5.69 Å². The maximum Gasteiger partial charge on any atom is 0.151 e. The molecule has 0 N–H and O–H groups in total. The first-order valence-corrected chi connectivity index (χ1v) is 8.68. The predicted octanol–water partition coefficient (Wildman–Crippen LogP) is 4.18. The van der Waals surface area contributed by atoms with Gasteiger partial charge in [0.15, 0.2) is 5.78 Å². The standard InChI is InChI=1S/C19H21ClN2O2/c1-4-5-13-8-16(23)18(19(13)24)17-11(2)6-15(7-12(17)3)22-10-14(20)9-21-22/h6-7,9-10,13,18H,4-5,8H2,1-3H3. The van der Waals surface area contributed by atoms with E-state index < -0.39 is 5.92 Å². The molecule has 5 heteroatoms. The lowest BCUT2D eigenvalue weighted by atomic mass is 9.86. The molecule has 1 aromatic carbocycles. The molecule has 3 rings (SSSR count). The quantitative estimate of drug-likeness (QED) is 0.781. The Labute approximate surface area is 146 Å². The van der Waals surface area contributed by atoms with Crippen molar-refractivity contribution in [3.8, 4) is 5.69 Å². The number of Topliss-reactive ketones (excluding diaryl/α,β-unsaturated/α-hetero) is 2. The fourth-order valence-electron chi connectivity index (χ4n) is 3.73. The van der Waals surface area contributed by atoms with Crippen molar-refractivity contribution in [1.82, 2.24) is 9.78 Å². The third-order valence-electron chi connectivity index (χ3n) is 4.78. The van der Waals surface area contributed by atoms with Crippen LogP contribution in [0.15, 0.2) is 24.5 Å². The summed E-state index contributed by atoms with van der Waals surface area (Å²) in [5, 5.41) is 4.78. The van der Waals surface area contributed by atoms with Crippen LogP contribution in [0.1, 0.15) is 48.8 Å². The molecular formula is C19H21ClN2O2. The summed E-state index contributed by atoms with van der Waals surface area (Å²) in [6, 6.07) is 3.92. The van der Waals surface area contributed by atoms with Gasteiger partial charge in [0.2, 0.25) is 0 Å². The molecule has 1 aliphatic rings. The molecule has 1 aromatic heterocycles. The van der Waals surface area contributed by atoms with E-state index in [4.69, 9.17) is 11.6 Å². The topological polar surface area (TPSA) is 52.0 Å². The highest BCUT2D eigenvalue weighted by Gasteiger charge is 2.42. The summed E-state index contributed by atoms with van der Waals surface area (Å²) in [4.78, 5) is 25.2. The number of carbonyl (C=O) groups is 2. The van der Waals surface area contributed by atoms with Crippen molar-refractivity contribution >= 4 is 23.2 Å². The Morgan fingerprint density at radius 1 is 1.25 bits per heavy atom. The zero-order valence-corrected chi connectivity index (χ0v) is 14.9. The molecular weight excluding hydrogens is 324 g/mol. The van der Waals surface area contributed by atoms with Gasteiger partial charge in [0.25, 0.3) is 0 Å². The summed E-state index contributed by atoms with van der Waals surface area (Å²) < 4.78 is 1.70. The van der Waals surface area contributed by atoms with Gasteiger partial charge in [-0.3, -0.25) is 9.59 Å². The van der Waals surface area contributed by atoms with Crippen LogP contribution in [0.5, 0.6) is 0 Å². The molecule has 0 saturated heterocycles. The molecule has 1 saturated carbocycles. The third-order valence-corrected chi connectivity index (χ3v) is 4.97. The number of halogens is 1. The Balaban J connectivity index is 2.00. The summed E-state index contributed by atoms with van der Waals surface area (Å²) >= 11 is 5.94. The van der Waals surface area contributed by atoms with Crippen LogP contribution in [0.3, 0.4) is 0 Å². The summed E-state index contributed by atoms with van der Waals surface area (Å²) in [6.45, 7) is 5.95. The van der Waals surface area contributed by atoms with Crippen molar-refractivity contribution < 1.29 is 9.59 Å². The van der Waals surface area contributed by atoms with Crippen molar-refractivity contribution in [3.63, 3.8) is 0 Å². The minimum Gasteiger partial charge on any atom is -0.298 e. The number of nitrogens with zero attached hydrogens (tertiary/aromatic N) is 2. The second-order valence-electron chi connectivity index (χ2n) is 6.59. The van der Waals surface area contributed by atoms with Crippen LogP contribution in [0.4, 0.5) is 0 Å². The van der Waals surface area contributed by atoms with Crippen LogP contribution >= 0.6 is 11.6 Å². The monoisotopic (exact) mass is 344 g/mol. The van der Waals surface area contributed by atoms with Gasteiger partial charge in [-0.2, -0.15) is 5.10 Å². The Hall–Kier alpha value is -1.94. The highest BCUT2D eigenvalue weighted by molar-refractivity contribution is 6.30. The van der Waals surface area contributed by atoms with Crippen molar-refractivity contribution in [1.29, 1.82) is 0 Å². The van der Waals surface area contributed by atoms with Crippen LogP contribution in [0, 0.1) is 19.8 Å². The lowest BCUT2D eigenvalue weighted by molar-refractivity contribution is -0.124. The van der Waals surface area contributed by atoms with E-state index in [1.807, 2.05) is 32.9 Å². The number of aryl methyl sites for hydroxylation is 2. The zero-order chi connectivity index (χ0) is 17.4. The Bertz CT molecular complexity index is 786. The molecule has 24 heavy (non-hydrogen) atoms. The van der Waals surface area contributed by atoms with Gasteiger partial charge in [-0.25, -0.2) is 4.68 Å². The van der Waals surface area contributed by atoms with Crippen LogP contribution in [0.2, 0.25) is 5.02 Å². The van der Waals surface area contributed by atoms with Crippen molar-refractivity contribution in [2.24, 2.45) is 5.92 Å². The Morgan fingerprint density at radius 2 is 1.92 bits per heavy atom. The minimum atomic E-state index is -0.600. The molecule has 4 nitrogen and oxygen atoms in total. The maximum absolute atomic E-state index is 12.7. The molecule has 2 aromatic rings. The minimum absolute atomic E-state index is 0.0551. The van der Waals surface area contributed by atoms with E-state index in [0.717, 1.165) is 35.2 Å². The smallest absolute Gasteiger partial charge is 0.151 e. The fraction of sp³-hybridized carbons (Fsp3) is 0.421. The first kappa shape index (κ1) is 16.9. The van der Waals surface area contributed by atoms with Gasteiger partial charge in [0.05, 0.1) is 16.9 Å². The Morgan fingerprint density at radius 3 is 2.46 bits per heavy atom. The van der Waals surface area contributed by atoms with Crippen LogP contribution in [-0.2, 0) is 9.59 Å².